The number of rotatable bonds is 3. The van der Waals surface area contributed by atoms with Crippen LogP contribution in [0.1, 0.15) is 19.8 Å². The average molecular weight is 126 g/mol. The van der Waals surface area contributed by atoms with Crippen molar-refractivity contribution < 1.29 is 4.79 Å². The molecule has 1 aliphatic carbocycles. The number of hydrogen-bond donors (Lipinski definition) is 1. The lowest BCUT2D eigenvalue weighted by atomic mass is 10.5. The van der Waals surface area contributed by atoms with Crippen LogP contribution in [0.4, 0.5) is 0 Å². The predicted octanol–water partition coefficient (Wildman–Crippen LogP) is 0.315. The summed E-state index contributed by atoms with van der Waals surface area (Å²) in [6.45, 7) is 1.91. The molecule has 1 aliphatic rings. The van der Waals surface area contributed by atoms with Crippen molar-refractivity contribution in [2.45, 2.75) is 19.8 Å². The highest BCUT2D eigenvalue weighted by Gasteiger charge is 2.12. The minimum Gasteiger partial charge on any atom is -0.303 e. The van der Waals surface area contributed by atoms with E-state index in [1.54, 1.807) is 6.92 Å². The first-order valence-electron chi connectivity index (χ1n) is 3.07. The topological polar surface area (TPSA) is 41.5 Å². The normalized spacial score (nSPS) is 15.0. The molecule has 0 atom stereocenters. The molecule has 9 heavy (non-hydrogen) atoms. The minimum absolute atomic E-state index is 0.125. The average Bonchev–Trinajstić information content (AvgIpc) is 2.48. The van der Waals surface area contributed by atoms with E-state index in [0.717, 1.165) is 12.8 Å². The van der Waals surface area contributed by atoms with E-state index in [-0.39, 0.29) is 5.78 Å². The van der Waals surface area contributed by atoms with E-state index < -0.39 is 0 Å². The van der Waals surface area contributed by atoms with Crippen LogP contribution in [0.5, 0.6) is 0 Å². The Kier molecular flexibility index (Phi) is 1.82. The molecule has 1 rings (SSSR count). The van der Waals surface area contributed by atoms with Gasteiger partial charge in [0.05, 0.1) is 6.54 Å². The Bertz CT molecular complexity index is 145. The number of carbonyl (C=O) groups excluding carboxylic acids is 1. The summed E-state index contributed by atoms with van der Waals surface area (Å²) in [6, 6.07) is 0. The van der Waals surface area contributed by atoms with Crippen molar-refractivity contribution in [3.8, 4) is 0 Å². The maximum absolute atomic E-state index is 10.3. The van der Waals surface area contributed by atoms with Crippen LogP contribution in [-0.4, -0.2) is 18.0 Å². The van der Waals surface area contributed by atoms with Crippen molar-refractivity contribution in [3.63, 3.8) is 0 Å². The number of carbonyl (C=O) groups is 1. The third-order valence-electron chi connectivity index (χ3n) is 1.04. The molecule has 0 radical (unpaired) electrons. The van der Waals surface area contributed by atoms with Gasteiger partial charge in [-0.15, -0.1) is 0 Å². The van der Waals surface area contributed by atoms with Gasteiger partial charge in [-0.1, -0.05) is 0 Å². The molecule has 0 heterocycles. The van der Waals surface area contributed by atoms with Crippen molar-refractivity contribution in [2.24, 2.45) is 5.10 Å². The Morgan fingerprint density at radius 1 is 1.78 bits per heavy atom. The fourth-order valence-corrected chi connectivity index (χ4v) is 0.430. The lowest BCUT2D eigenvalue weighted by molar-refractivity contribution is -0.116. The monoisotopic (exact) mass is 126 g/mol. The second-order valence-corrected chi connectivity index (χ2v) is 2.21. The molecular formula is C6H10N2O. The zero-order valence-electron chi connectivity index (χ0n) is 5.48. The van der Waals surface area contributed by atoms with E-state index in [2.05, 4.69) is 10.5 Å². The van der Waals surface area contributed by atoms with Crippen molar-refractivity contribution in [3.05, 3.63) is 0 Å². The summed E-state index contributed by atoms with van der Waals surface area (Å²) >= 11 is 0. The zero-order valence-corrected chi connectivity index (χ0v) is 5.48. The molecular weight excluding hydrogens is 116 g/mol. The van der Waals surface area contributed by atoms with Crippen molar-refractivity contribution in [2.75, 3.05) is 6.54 Å². The van der Waals surface area contributed by atoms with Gasteiger partial charge in [0.15, 0.2) is 5.78 Å². The van der Waals surface area contributed by atoms with E-state index in [4.69, 9.17) is 0 Å². The van der Waals surface area contributed by atoms with Crippen LogP contribution < -0.4 is 5.43 Å². The Hall–Kier alpha value is -0.860. The molecule has 0 saturated heterocycles. The Morgan fingerprint density at radius 3 is 2.89 bits per heavy atom. The minimum atomic E-state index is 0.125. The molecule has 0 aromatic rings. The second kappa shape index (κ2) is 2.62. The lowest BCUT2D eigenvalue weighted by Gasteiger charge is -1.91. The summed E-state index contributed by atoms with van der Waals surface area (Å²) in [4.78, 5) is 10.3. The third kappa shape index (κ3) is 2.85. The van der Waals surface area contributed by atoms with Gasteiger partial charge in [0, 0.05) is 5.71 Å². The molecule has 0 spiro atoms. The van der Waals surface area contributed by atoms with Crippen LogP contribution in [0.25, 0.3) is 0 Å². The van der Waals surface area contributed by atoms with Gasteiger partial charge in [-0.05, 0) is 19.8 Å². The van der Waals surface area contributed by atoms with E-state index in [9.17, 15) is 4.79 Å². The molecule has 3 nitrogen and oxygen atoms in total. The summed E-state index contributed by atoms with van der Waals surface area (Å²) in [5.74, 6) is 0.125. The molecule has 0 aromatic carbocycles. The van der Waals surface area contributed by atoms with Crippen LogP contribution in [0.2, 0.25) is 0 Å². The van der Waals surface area contributed by atoms with E-state index in [1.165, 1.54) is 5.71 Å². The van der Waals surface area contributed by atoms with Crippen LogP contribution in [-0.2, 0) is 4.79 Å². The molecule has 1 N–H and O–H groups in total. The molecule has 50 valence electrons. The first-order valence-corrected chi connectivity index (χ1v) is 3.07. The highest BCUT2D eigenvalue weighted by molar-refractivity contribution is 5.97. The zero-order chi connectivity index (χ0) is 6.69. The van der Waals surface area contributed by atoms with Crippen molar-refractivity contribution in [1.82, 2.24) is 5.43 Å². The standard InChI is InChI=1S/C6H10N2O/c1-5(9)4-7-8-6-2-3-6/h7H,2-4H2,1H3. The van der Waals surface area contributed by atoms with Crippen LogP contribution in [0.15, 0.2) is 5.10 Å². The number of Topliss-reactive ketones (excluding diaryl/α,β-unsaturated/α-hetero) is 1. The first kappa shape index (κ1) is 6.26. The van der Waals surface area contributed by atoms with Gasteiger partial charge in [0.25, 0.3) is 0 Å². The number of hydrazone groups is 1. The predicted molar refractivity (Wildman–Crippen MR) is 35.4 cm³/mol. The number of nitrogens with zero attached hydrogens (tertiary/aromatic N) is 1. The van der Waals surface area contributed by atoms with Gasteiger partial charge < -0.3 is 5.43 Å². The fourth-order valence-electron chi connectivity index (χ4n) is 0.430. The quantitative estimate of drug-likeness (QED) is 0.553. The number of ketones is 1. The molecule has 0 aromatic heterocycles. The maximum Gasteiger partial charge on any atom is 0.150 e. The molecule has 0 amide bonds. The molecule has 1 saturated carbocycles. The Morgan fingerprint density at radius 2 is 2.44 bits per heavy atom. The fraction of sp³-hybridized carbons (Fsp3) is 0.667. The molecule has 1 fully saturated rings. The number of nitrogens with one attached hydrogen (secondary N) is 1. The third-order valence-corrected chi connectivity index (χ3v) is 1.04. The summed E-state index contributed by atoms with van der Waals surface area (Å²) < 4.78 is 0. The van der Waals surface area contributed by atoms with Gasteiger partial charge in [0.1, 0.15) is 0 Å². The summed E-state index contributed by atoms with van der Waals surface area (Å²) in [5, 5.41) is 3.92. The van der Waals surface area contributed by atoms with Gasteiger partial charge >= 0.3 is 0 Å². The van der Waals surface area contributed by atoms with Crippen molar-refractivity contribution >= 4 is 11.5 Å². The van der Waals surface area contributed by atoms with E-state index in [0.29, 0.717) is 6.54 Å². The SMILES string of the molecule is CC(=O)CNN=C1CC1. The Balaban J connectivity index is 2.05. The lowest BCUT2D eigenvalue weighted by Crippen LogP contribution is -2.14. The van der Waals surface area contributed by atoms with Crippen LogP contribution >= 0.6 is 0 Å². The summed E-state index contributed by atoms with van der Waals surface area (Å²) in [5.41, 5.74) is 3.86. The molecule has 0 unspecified atom stereocenters. The largest absolute Gasteiger partial charge is 0.303 e. The highest BCUT2D eigenvalue weighted by atomic mass is 16.1. The number of hydrogen-bond acceptors (Lipinski definition) is 3. The Labute approximate surface area is 54.1 Å². The van der Waals surface area contributed by atoms with Crippen LogP contribution in [0, 0.1) is 0 Å². The summed E-state index contributed by atoms with van der Waals surface area (Å²) in [6.07, 6.45) is 2.20. The molecule has 3 heteroatoms. The van der Waals surface area contributed by atoms with E-state index >= 15 is 0 Å². The van der Waals surface area contributed by atoms with Crippen molar-refractivity contribution in [1.29, 1.82) is 0 Å². The highest BCUT2D eigenvalue weighted by Crippen LogP contribution is 2.12. The molecule has 0 aliphatic heterocycles. The smallest absolute Gasteiger partial charge is 0.150 e. The van der Waals surface area contributed by atoms with Gasteiger partial charge in [-0.25, -0.2) is 0 Å². The van der Waals surface area contributed by atoms with E-state index in [1.807, 2.05) is 0 Å². The second-order valence-electron chi connectivity index (χ2n) is 2.21. The van der Waals surface area contributed by atoms with Gasteiger partial charge in [-0.2, -0.15) is 5.10 Å². The van der Waals surface area contributed by atoms with Crippen LogP contribution in [0.3, 0.4) is 0 Å². The van der Waals surface area contributed by atoms with Gasteiger partial charge in [-0.3, -0.25) is 4.79 Å². The first-order chi connectivity index (χ1) is 4.29. The molecule has 0 bridgehead atoms. The summed E-state index contributed by atoms with van der Waals surface area (Å²) in [7, 11) is 0. The van der Waals surface area contributed by atoms with Gasteiger partial charge in [0.2, 0.25) is 0 Å². The maximum atomic E-state index is 10.3.